The highest BCUT2D eigenvalue weighted by atomic mass is 16.5. The van der Waals surface area contributed by atoms with Gasteiger partial charge in [-0.1, -0.05) is 31.9 Å². The highest BCUT2D eigenvalue weighted by molar-refractivity contribution is 5.76. The smallest absolute Gasteiger partial charge is 0.189 e. The second-order valence-corrected chi connectivity index (χ2v) is 8.91. The number of methoxy groups -OCH3 is 1. The Hall–Kier alpha value is -4.23. The summed E-state index contributed by atoms with van der Waals surface area (Å²) in [5.41, 5.74) is 4.48. The van der Waals surface area contributed by atoms with Crippen molar-refractivity contribution in [3.05, 3.63) is 59.2 Å². The fourth-order valence-corrected chi connectivity index (χ4v) is 4.46. The van der Waals surface area contributed by atoms with Crippen LogP contribution in [0.4, 0.5) is 11.6 Å². The largest absolute Gasteiger partial charge is 0.491 e. The summed E-state index contributed by atoms with van der Waals surface area (Å²) in [4.78, 5) is 8.83. The predicted molar refractivity (Wildman–Crippen MR) is 141 cm³/mol. The van der Waals surface area contributed by atoms with Gasteiger partial charge in [0.25, 0.3) is 0 Å². The number of nitrogens with zero attached hydrogens (tertiary/aromatic N) is 7. The quantitative estimate of drug-likeness (QED) is 0.291. The molecule has 0 fully saturated rings. The van der Waals surface area contributed by atoms with Crippen molar-refractivity contribution in [2.45, 2.75) is 59.6 Å². The van der Waals surface area contributed by atoms with Crippen LogP contribution >= 0.6 is 0 Å². The molecule has 1 unspecified atom stereocenters. The first-order valence-corrected chi connectivity index (χ1v) is 12.4. The van der Waals surface area contributed by atoms with Crippen LogP contribution in [0, 0.1) is 25.2 Å². The number of aromatic nitrogens is 6. The first-order valence-electron chi connectivity index (χ1n) is 12.4. The third kappa shape index (κ3) is 5.32. The number of rotatable bonds is 10. The summed E-state index contributed by atoms with van der Waals surface area (Å²) >= 11 is 0. The van der Waals surface area contributed by atoms with E-state index in [2.05, 4.69) is 33.4 Å². The van der Waals surface area contributed by atoms with E-state index in [0.29, 0.717) is 41.0 Å². The van der Waals surface area contributed by atoms with E-state index in [1.54, 1.807) is 36.9 Å². The topological polar surface area (TPSA) is 127 Å². The molecule has 4 aromatic rings. The summed E-state index contributed by atoms with van der Waals surface area (Å²) in [5.74, 6) is 2.40. The molecule has 10 nitrogen and oxygen atoms in total. The number of nitriles is 1. The monoisotopic (exact) mass is 500 g/mol. The zero-order chi connectivity index (χ0) is 26.5. The number of anilines is 2. The van der Waals surface area contributed by atoms with E-state index in [1.165, 1.54) is 6.33 Å². The molecule has 1 aromatic carbocycles. The van der Waals surface area contributed by atoms with Crippen molar-refractivity contribution >= 4 is 11.6 Å². The fraction of sp³-hybridized carbons (Fsp3) is 0.370. The zero-order valence-electron chi connectivity index (χ0n) is 21.9. The molecule has 3 heterocycles. The van der Waals surface area contributed by atoms with E-state index < -0.39 is 6.10 Å². The van der Waals surface area contributed by atoms with Gasteiger partial charge in [-0.15, -0.1) is 0 Å². The van der Waals surface area contributed by atoms with E-state index in [1.807, 2.05) is 30.7 Å². The molecule has 0 aliphatic heterocycles. The third-order valence-electron chi connectivity index (χ3n) is 6.26. The number of hydrogen-bond donors (Lipinski definition) is 2. The molecule has 1 atom stereocenters. The minimum atomic E-state index is -0.629. The average Bonchev–Trinajstić information content (AvgIpc) is 3.40. The number of aliphatic hydroxyl groups is 1. The Kier molecular flexibility index (Phi) is 7.84. The number of unbranched alkanes of at least 4 members (excludes halogenated alkanes) is 2. The number of benzene rings is 1. The second kappa shape index (κ2) is 11.2. The molecule has 2 N–H and O–H groups in total. The Labute approximate surface area is 216 Å². The lowest BCUT2D eigenvalue weighted by molar-refractivity contribution is 0.197. The molecule has 0 aliphatic rings. The molecule has 0 amide bonds. The van der Waals surface area contributed by atoms with E-state index in [4.69, 9.17) is 15.1 Å². The second-order valence-electron chi connectivity index (χ2n) is 8.91. The first kappa shape index (κ1) is 25.9. The van der Waals surface area contributed by atoms with Gasteiger partial charge < -0.3 is 15.2 Å². The van der Waals surface area contributed by atoms with E-state index in [0.717, 1.165) is 41.8 Å². The van der Waals surface area contributed by atoms with E-state index in [-0.39, 0.29) is 0 Å². The van der Waals surface area contributed by atoms with Crippen molar-refractivity contribution in [2.24, 2.45) is 0 Å². The van der Waals surface area contributed by atoms with E-state index >= 15 is 0 Å². The van der Waals surface area contributed by atoms with Crippen molar-refractivity contribution in [3.63, 3.8) is 0 Å². The molecular weight excluding hydrogens is 468 g/mol. The lowest BCUT2D eigenvalue weighted by Crippen LogP contribution is -2.08. The Morgan fingerprint density at radius 3 is 2.51 bits per heavy atom. The van der Waals surface area contributed by atoms with Crippen molar-refractivity contribution in [2.75, 3.05) is 12.4 Å². The number of nitrogens with one attached hydrogen (secondary N) is 1. The normalized spacial score (nSPS) is 11.8. The third-order valence-corrected chi connectivity index (χ3v) is 6.26. The maximum absolute atomic E-state index is 10.2. The number of aryl methyl sites for hydroxylation is 2. The van der Waals surface area contributed by atoms with Gasteiger partial charge in [0.2, 0.25) is 0 Å². The van der Waals surface area contributed by atoms with Crippen LogP contribution in [0.25, 0.3) is 17.1 Å². The number of hydrogen-bond acceptors (Lipinski definition) is 8. The van der Waals surface area contributed by atoms with Crippen molar-refractivity contribution in [1.82, 2.24) is 29.5 Å². The Morgan fingerprint density at radius 2 is 1.89 bits per heavy atom. The van der Waals surface area contributed by atoms with Crippen LogP contribution in [0.3, 0.4) is 0 Å². The predicted octanol–water partition coefficient (Wildman–Crippen LogP) is 5.01. The van der Waals surface area contributed by atoms with Crippen molar-refractivity contribution < 1.29 is 9.84 Å². The summed E-state index contributed by atoms with van der Waals surface area (Å²) in [7, 11) is 1.62. The van der Waals surface area contributed by atoms with Crippen LogP contribution in [-0.4, -0.2) is 41.7 Å². The summed E-state index contributed by atoms with van der Waals surface area (Å²) in [6.07, 6.45) is 3.98. The zero-order valence-corrected chi connectivity index (χ0v) is 21.9. The summed E-state index contributed by atoms with van der Waals surface area (Å²) in [6, 6.07) is 11.2. The molecule has 0 spiro atoms. The van der Waals surface area contributed by atoms with Crippen LogP contribution in [0.2, 0.25) is 0 Å². The van der Waals surface area contributed by atoms with Crippen molar-refractivity contribution in [1.29, 1.82) is 5.26 Å². The Morgan fingerprint density at radius 1 is 1.14 bits per heavy atom. The number of ether oxygens (including phenoxy) is 1. The average molecular weight is 501 g/mol. The van der Waals surface area contributed by atoms with Crippen molar-refractivity contribution in [3.8, 4) is 28.9 Å². The van der Waals surface area contributed by atoms with Crippen LogP contribution in [0.1, 0.15) is 61.7 Å². The van der Waals surface area contributed by atoms with Gasteiger partial charge in [-0.2, -0.15) is 15.5 Å². The van der Waals surface area contributed by atoms with E-state index in [9.17, 15) is 5.11 Å². The maximum atomic E-state index is 10.2. The molecule has 37 heavy (non-hydrogen) atoms. The van der Waals surface area contributed by atoms with Gasteiger partial charge >= 0.3 is 0 Å². The summed E-state index contributed by atoms with van der Waals surface area (Å²) in [5, 5.41) is 32.2. The molecule has 192 valence electrons. The van der Waals surface area contributed by atoms with Gasteiger partial charge in [0, 0.05) is 29.4 Å². The Balaban J connectivity index is 1.74. The lowest BCUT2D eigenvalue weighted by Gasteiger charge is -2.12. The Bertz CT molecular complexity index is 1410. The van der Waals surface area contributed by atoms with Gasteiger partial charge in [0.15, 0.2) is 17.4 Å². The van der Waals surface area contributed by atoms with Gasteiger partial charge in [-0.05, 0) is 39.3 Å². The highest BCUT2D eigenvalue weighted by Gasteiger charge is 2.22. The van der Waals surface area contributed by atoms with Gasteiger partial charge in [0.05, 0.1) is 30.5 Å². The fourth-order valence-electron chi connectivity index (χ4n) is 4.46. The standard InChI is InChI=1S/C27H32N8O2/c1-6-7-8-13-34-27(26(37-5)25(33-34)21-11-9-20(15-28)10-12-21)31-22-14-23(30-16-29-22)35-18(3)24(19(4)36)17(2)32-35/h9-12,14,16,19,36H,6-8,13H2,1-5H3,(H,29,30,31). The maximum Gasteiger partial charge on any atom is 0.189 e. The highest BCUT2D eigenvalue weighted by Crippen LogP contribution is 2.38. The molecule has 3 aromatic heterocycles. The lowest BCUT2D eigenvalue weighted by atomic mass is 10.1. The molecule has 4 rings (SSSR count). The molecule has 0 saturated heterocycles. The minimum absolute atomic E-state index is 0.553. The van der Waals surface area contributed by atoms with Gasteiger partial charge in [-0.25, -0.2) is 19.3 Å². The van der Waals surface area contributed by atoms with Crippen LogP contribution < -0.4 is 10.1 Å². The summed E-state index contributed by atoms with van der Waals surface area (Å²) < 4.78 is 9.44. The molecule has 0 radical (unpaired) electrons. The van der Waals surface area contributed by atoms with Gasteiger partial charge in [-0.3, -0.25) is 0 Å². The van der Waals surface area contributed by atoms with Crippen LogP contribution in [0.15, 0.2) is 36.7 Å². The number of aliphatic hydroxyl groups excluding tert-OH is 1. The molecule has 0 bridgehead atoms. The minimum Gasteiger partial charge on any atom is -0.491 e. The van der Waals surface area contributed by atoms with Gasteiger partial charge in [0.1, 0.15) is 17.8 Å². The van der Waals surface area contributed by atoms with Crippen LogP contribution in [-0.2, 0) is 6.54 Å². The molecular formula is C27H32N8O2. The summed E-state index contributed by atoms with van der Waals surface area (Å²) in [6.45, 7) is 8.38. The molecule has 0 saturated carbocycles. The molecule has 10 heteroatoms. The SMILES string of the molecule is CCCCCn1nc(-c2ccc(C#N)cc2)c(OC)c1Nc1cc(-n2nc(C)c(C(C)O)c2C)ncn1. The molecule has 0 aliphatic carbocycles. The van der Waals surface area contributed by atoms with Crippen LogP contribution in [0.5, 0.6) is 5.75 Å². The first-order chi connectivity index (χ1) is 17.9.